The molecule has 264 valence electrons. The molecule has 2 aliphatic rings. The van der Waals surface area contributed by atoms with Crippen molar-refractivity contribution in [3.63, 3.8) is 0 Å². The van der Waals surface area contributed by atoms with Crippen molar-refractivity contribution in [2.24, 2.45) is 0 Å². The van der Waals surface area contributed by atoms with E-state index in [-0.39, 0.29) is 11.8 Å². The topological polar surface area (TPSA) is 126 Å². The molecule has 0 saturated carbocycles. The van der Waals surface area contributed by atoms with E-state index in [1.807, 2.05) is 59.7 Å². The van der Waals surface area contributed by atoms with Crippen LogP contribution in [0.2, 0.25) is 0 Å². The third-order valence-corrected chi connectivity index (χ3v) is 11.3. The standard InChI is InChI=1S/C39H43N7O4S/c1-49-22-23-50-32-11-8-29(9-12-32)36-33-24-31(10-13-34(33)43-44-36)42-38(48)39(51-2)16-21-45(26-39)25-35(47)46-19-14-28(15-20-46)27-4-6-30(7-5-27)37-40-17-3-18-41-37/h3-13,17-18,24,28H,14-16,19-23,25-26H2,1-2H3,(H,42,48)(H,43,44)/t39-/m0/s1. The summed E-state index contributed by atoms with van der Waals surface area (Å²) in [7, 11) is 1.65. The Morgan fingerprint density at radius 3 is 2.43 bits per heavy atom. The third-order valence-electron chi connectivity index (χ3n) is 10.0. The number of nitrogens with one attached hydrogen (secondary N) is 2. The van der Waals surface area contributed by atoms with Crippen molar-refractivity contribution < 1.29 is 19.1 Å². The Hall–Kier alpha value is -4.78. The Balaban J connectivity index is 0.928. The number of aromatic nitrogens is 4. The predicted molar refractivity (Wildman–Crippen MR) is 201 cm³/mol. The van der Waals surface area contributed by atoms with E-state index >= 15 is 0 Å². The first kappa shape index (κ1) is 34.7. The largest absolute Gasteiger partial charge is 0.491 e. The number of hydrogen-bond donors (Lipinski definition) is 2. The number of piperidine rings is 1. The van der Waals surface area contributed by atoms with Crippen molar-refractivity contribution in [1.29, 1.82) is 0 Å². The number of methoxy groups -OCH3 is 1. The number of nitrogens with zero attached hydrogens (tertiary/aromatic N) is 5. The molecule has 2 amide bonds. The van der Waals surface area contributed by atoms with Gasteiger partial charge in [-0.2, -0.15) is 5.10 Å². The van der Waals surface area contributed by atoms with Gasteiger partial charge in [-0.25, -0.2) is 9.97 Å². The number of hydrogen-bond acceptors (Lipinski definition) is 9. The number of rotatable bonds is 12. The first-order chi connectivity index (χ1) is 24.9. The maximum Gasteiger partial charge on any atom is 0.241 e. The molecule has 11 nitrogen and oxygen atoms in total. The van der Waals surface area contributed by atoms with Gasteiger partial charge in [0.15, 0.2) is 5.82 Å². The van der Waals surface area contributed by atoms with Crippen LogP contribution < -0.4 is 10.1 Å². The highest BCUT2D eigenvalue weighted by molar-refractivity contribution is 8.00. The zero-order valence-electron chi connectivity index (χ0n) is 29.0. The monoisotopic (exact) mass is 705 g/mol. The van der Waals surface area contributed by atoms with E-state index in [4.69, 9.17) is 9.47 Å². The lowest BCUT2D eigenvalue weighted by atomic mass is 9.89. The quantitative estimate of drug-likeness (QED) is 0.154. The number of thioether (sulfide) groups is 1. The molecular weight excluding hydrogens is 663 g/mol. The molecule has 2 N–H and O–H groups in total. The van der Waals surface area contributed by atoms with Crippen molar-refractivity contribution in [3.05, 3.63) is 90.8 Å². The van der Waals surface area contributed by atoms with E-state index < -0.39 is 4.75 Å². The smallest absolute Gasteiger partial charge is 0.241 e. The molecule has 0 bridgehead atoms. The summed E-state index contributed by atoms with van der Waals surface area (Å²) in [5, 5.41) is 11.8. The molecule has 12 heteroatoms. The molecule has 2 saturated heterocycles. The van der Waals surface area contributed by atoms with Gasteiger partial charge in [0.1, 0.15) is 17.1 Å². The number of amides is 2. The summed E-state index contributed by atoms with van der Waals surface area (Å²) in [6, 6.07) is 23.9. The second kappa shape index (κ2) is 15.6. The molecule has 4 heterocycles. The van der Waals surface area contributed by atoms with Crippen molar-refractivity contribution in [2.45, 2.75) is 29.9 Å². The van der Waals surface area contributed by atoms with E-state index in [1.165, 1.54) is 5.56 Å². The summed E-state index contributed by atoms with van der Waals surface area (Å²) >= 11 is 1.56. The molecular formula is C39H43N7O4S. The minimum absolute atomic E-state index is 0.0439. The van der Waals surface area contributed by atoms with Gasteiger partial charge in [0.2, 0.25) is 11.8 Å². The van der Waals surface area contributed by atoms with Crippen LogP contribution in [0.5, 0.6) is 5.75 Å². The molecule has 0 aliphatic carbocycles. The highest BCUT2D eigenvalue weighted by Crippen LogP contribution is 2.36. The minimum atomic E-state index is -0.642. The molecule has 0 unspecified atom stereocenters. The Kier molecular flexibility index (Phi) is 10.6. The average Bonchev–Trinajstić information content (AvgIpc) is 3.80. The fourth-order valence-corrected chi connectivity index (χ4v) is 7.90. The average molecular weight is 706 g/mol. The van der Waals surface area contributed by atoms with Crippen LogP contribution in [0.3, 0.4) is 0 Å². The maximum atomic E-state index is 13.8. The second-order valence-electron chi connectivity index (χ2n) is 13.2. The van der Waals surface area contributed by atoms with Gasteiger partial charge in [0, 0.05) is 67.9 Å². The van der Waals surface area contributed by atoms with Gasteiger partial charge in [0.05, 0.1) is 24.4 Å². The fraction of sp³-hybridized carbons (Fsp3) is 0.359. The highest BCUT2D eigenvalue weighted by atomic mass is 32.2. The summed E-state index contributed by atoms with van der Waals surface area (Å²) in [5.41, 5.74) is 5.63. The van der Waals surface area contributed by atoms with E-state index in [0.717, 1.165) is 65.2 Å². The predicted octanol–water partition coefficient (Wildman–Crippen LogP) is 5.86. The Morgan fingerprint density at radius 1 is 0.961 bits per heavy atom. The van der Waals surface area contributed by atoms with E-state index in [2.05, 4.69) is 54.6 Å². The molecule has 1 atom stereocenters. The van der Waals surface area contributed by atoms with Gasteiger partial charge < -0.3 is 19.7 Å². The number of fused-ring (bicyclic) bond motifs is 1. The van der Waals surface area contributed by atoms with Crippen LogP contribution in [0, 0.1) is 0 Å². The molecule has 51 heavy (non-hydrogen) atoms. The summed E-state index contributed by atoms with van der Waals surface area (Å²) in [6.45, 7) is 4.03. The van der Waals surface area contributed by atoms with Gasteiger partial charge in [-0.3, -0.25) is 19.6 Å². The summed E-state index contributed by atoms with van der Waals surface area (Å²) in [5.74, 6) is 2.00. The number of likely N-dealkylation sites (tertiary alicyclic amines) is 2. The summed E-state index contributed by atoms with van der Waals surface area (Å²) < 4.78 is 10.1. The SMILES string of the molecule is COCCOc1ccc(-c2n[nH]c3ccc(NC(=O)[C@]4(SC)CCN(CC(=O)N5CCC(c6ccc(-c7ncccn7)cc6)CC5)C4)cc23)cc1. The number of ether oxygens (including phenoxy) is 2. The van der Waals surface area contributed by atoms with Crippen LogP contribution in [-0.4, -0.2) is 106 Å². The van der Waals surface area contributed by atoms with Crippen LogP contribution in [0.25, 0.3) is 33.5 Å². The van der Waals surface area contributed by atoms with Crippen molar-refractivity contribution >= 4 is 40.2 Å². The highest BCUT2D eigenvalue weighted by Gasteiger charge is 2.45. The van der Waals surface area contributed by atoms with E-state index in [1.54, 1.807) is 31.3 Å². The van der Waals surface area contributed by atoms with Crippen molar-refractivity contribution in [3.8, 4) is 28.4 Å². The summed E-state index contributed by atoms with van der Waals surface area (Å²) in [4.78, 5) is 40.1. The molecule has 0 spiro atoms. The zero-order chi connectivity index (χ0) is 35.2. The normalized spacial score (nSPS) is 18.3. The van der Waals surface area contributed by atoms with Crippen molar-refractivity contribution in [1.82, 2.24) is 30.0 Å². The molecule has 5 aromatic rings. The molecule has 3 aromatic carbocycles. The number of H-pyrrole nitrogens is 1. The van der Waals surface area contributed by atoms with Gasteiger partial charge in [-0.05, 0) is 85.5 Å². The molecule has 0 radical (unpaired) electrons. The molecule has 2 aliphatic heterocycles. The minimum Gasteiger partial charge on any atom is -0.491 e. The van der Waals surface area contributed by atoms with Crippen LogP contribution in [-0.2, 0) is 14.3 Å². The fourth-order valence-electron chi connectivity index (χ4n) is 7.05. The first-order valence-electron chi connectivity index (χ1n) is 17.4. The third kappa shape index (κ3) is 7.78. The van der Waals surface area contributed by atoms with E-state index in [9.17, 15) is 9.59 Å². The number of aromatic amines is 1. The van der Waals surface area contributed by atoms with E-state index in [0.29, 0.717) is 50.9 Å². The lowest BCUT2D eigenvalue weighted by Crippen LogP contribution is -2.46. The van der Waals surface area contributed by atoms with Crippen LogP contribution >= 0.6 is 11.8 Å². The molecule has 2 fully saturated rings. The Bertz CT molecular complexity index is 1950. The van der Waals surface area contributed by atoms with Crippen LogP contribution in [0.4, 0.5) is 5.69 Å². The lowest BCUT2D eigenvalue weighted by Gasteiger charge is -2.33. The van der Waals surface area contributed by atoms with Crippen LogP contribution in [0.15, 0.2) is 85.2 Å². The Labute approximate surface area is 302 Å². The van der Waals surface area contributed by atoms with Crippen LogP contribution in [0.1, 0.15) is 30.7 Å². The van der Waals surface area contributed by atoms with Gasteiger partial charge in [-0.1, -0.05) is 24.3 Å². The number of carbonyl (C=O) groups excluding carboxylic acids is 2. The number of anilines is 1. The number of benzene rings is 3. The second-order valence-corrected chi connectivity index (χ2v) is 14.4. The van der Waals surface area contributed by atoms with Gasteiger partial charge in [-0.15, -0.1) is 11.8 Å². The summed E-state index contributed by atoms with van der Waals surface area (Å²) in [6.07, 6.45) is 8.03. The van der Waals surface area contributed by atoms with Gasteiger partial charge in [0.25, 0.3) is 0 Å². The van der Waals surface area contributed by atoms with Gasteiger partial charge >= 0.3 is 0 Å². The lowest BCUT2D eigenvalue weighted by molar-refractivity contribution is -0.133. The maximum absolute atomic E-state index is 13.8. The zero-order valence-corrected chi connectivity index (χ0v) is 29.8. The molecule has 2 aromatic heterocycles. The first-order valence-corrected chi connectivity index (χ1v) is 18.6. The van der Waals surface area contributed by atoms with Crippen molar-refractivity contribution in [2.75, 3.05) is 64.6 Å². The Morgan fingerprint density at radius 2 is 1.71 bits per heavy atom. The number of carbonyl (C=O) groups is 2. The molecule has 7 rings (SSSR count).